The number of hydrogen-bond donors (Lipinski definition) is 2. The topological polar surface area (TPSA) is 97.3 Å². The Morgan fingerprint density at radius 3 is 2.29 bits per heavy atom. The summed E-state index contributed by atoms with van der Waals surface area (Å²) in [5, 5.41) is 9.57. The summed E-state index contributed by atoms with van der Waals surface area (Å²) in [4.78, 5) is 22.1. The van der Waals surface area contributed by atoms with Gasteiger partial charge in [0.1, 0.15) is 17.3 Å². The lowest BCUT2D eigenvalue weighted by atomic mass is 9.73. The van der Waals surface area contributed by atoms with Crippen LogP contribution in [-0.4, -0.2) is 45.8 Å². The summed E-state index contributed by atoms with van der Waals surface area (Å²) >= 11 is 0. The normalized spacial score (nSPS) is 20.8. The highest BCUT2D eigenvalue weighted by atomic mass is 19.4. The first kappa shape index (κ1) is 23.7. The summed E-state index contributed by atoms with van der Waals surface area (Å²) in [5.41, 5.74) is 0.166. The third kappa shape index (κ3) is 5.06. The zero-order valence-corrected chi connectivity index (χ0v) is 18.4. The van der Waals surface area contributed by atoms with Crippen LogP contribution in [0.15, 0.2) is 48.8 Å². The summed E-state index contributed by atoms with van der Waals surface area (Å²) in [5.74, 6) is -0.0567. The van der Waals surface area contributed by atoms with Crippen molar-refractivity contribution in [3.8, 4) is 28.4 Å². The maximum Gasteiger partial charge on any atom is 0.432 e. The van der Waals surface area contributed by atoms with E-state index in [1.807, 2.05) is 24.3 Å². The minimum absolute atomic E-state index is 0.0672. The second-order valence-electron chi connectivity index (χ2n) is 8.44. The lowest BCUT2D eigenvalue weighted by Gasteiger charge is -2.36. The predicted molar refractivity (Wildman–Crippen MR) is 117 cm³/mol. The Hall–Kier alpha value is -3.40. The molecule has 0 aliphatic heterocycles. The fraction of sp³-hybridized carbons (Fsp3) is 0.375. The average Bonchev–Trinajstić information content (AvgIpc) is 3.32. The molecule has 0 unspecified atom stereocenters. The number of rotatable bonds is 7. The van der Waals surface area contributed by atoms with Gasteiger partial charge in [0.25, 0.3) is 0 Å². The van der Waals surface area contributed by atoms with Crippen LogP contribution in [0.4, 0.5) is 13.2 Å². The van der Waals surface area contributed by atoms with Crippen molar-refractivity contribution in [3.05, 3.63) is 54.5 Å². The van der Waals surface area contributed by atoms with Crippen molar-refractivity contribution in [3.63, 3.8) is 0 Å². The highest BCUT2D eigenvalue weighted by molar-refractivity contribution is 5.75. The van der Waals surface area contributed by atoms with Gasteiger partial charge in [0.15, 0.2) is 0 Å². The first-order valence-electron chi connectivity index (χ1n) is 10.8. The zero-order chi connectivity index (χ0) is 24.3. The number of carbonyl (C=O) groups is 1. The molecular formula is C24H24F3N3O4. The van der Waals surface area contributed by atoms with E-state index in [0.29, 0.717) is 42.7 Å². The lowest BCUT2D eigenvalue weighted by molar-refractivity contribution is -0.156. The molecule has 0 amide bonds. The van der Waals surface area contributed by atoms with E-state index in [1.165, 1.54) is 13.3 Å². The van der Waals surface area contributed by atoms with E-state index in [1.54, 1.807) is 12.1 Å². The molecule has 1 aliphatic carbocycles. The highest BCUT2D eigenvalue weighted by Gasteiger charge is 2.42. The number of ether oxygens (including phenoxy) is 2. The Morgan fingerprint density at radius 1 is 1.09 bits per heavy atom. The van der Waals surface area contributed by atoms with Crippen LogP contribution < -0.4 is 4.74 Å². The highest BCUT2D eigenvalue weighted by Crippen LogP contribution is 2.38. The summed E-state index contributed by atoms with van der Waals surface area (Å²) < 4.78 is 49.4. The average molecular weight is 475 g/mol. The van der Waals surface area contributed by atoms with Crippen molar-refractivity contribution in [2.45, 2.75) is 38.0 Å². The van der Waals surface area contributed by atoms with E-state index in [-0.39, 0.29) is 18.5 Å². The Bertz CT molecular complexity index is 1120. The molecule has 0 saturated heterocycles. The van der Waals surface area contributed by atoms with Gasteiger partial charge in [-0.1, -0.05) is 0 Å². The number of nitrogens with zero attached hydrogens (tertiary/aromatic N) is 2. The molecule has 0 bridgehead atoms. The van der Waals surface area contributed by atoms with Gasteiger partial charge in [0.05, 0.1) is 30.0 Å². The molecule has 2 heterocycles. The van der Waals surface area contributed by atoms with Crippen LogP contribution in [0.3, 0.4) is 0 Å². The van der Waals surface area contributed by atoms with Crippen molar-refractivity contribution in [2.24, 2.45) is 5.41 Å². The van der Waals surface area contributed by atoms with Crippen molar-refractivity contribution in [1.29, 1.82) is 0 Å². The fourth-order valence-corrected chi connectivity index (χ4v) is 4.17. The number of aromatic amines is 1. The van der Waals surface area contributed by atoms with Crippen LogP contribution >= 0.6 is 0 Å². The second-order valence-corrected chi connectivity index (χ2v) is 8.44. The fourth-order valence-electron chi connectivity index (χ4n) is 4.17. The molecule has 180 valence electrons. The van der Waals surface area contributed by atoms with Crippen LogP contribution in [0, 0.1) is 5.41 Å². The maximum absolute atomic E-state index is 12.8. The molecule has 34 heavy (non-hydrogen) atoms. The number of aliphatic carboxylic acids is 1. The number of nitrogens with one attached hydrogen (secondary N) is 1. The van der Waals surface area contributed by atoms with Gasteiger partial charge in [0.2, 0.25) is 0 Å². The number of pyridine rings is 1. The molecule has 0 radical (unpaired) electrons. The summed E-state index contributed by atoms with van der Waals surface area (Å²) in [7, 11) is 1.51. The van der Waals surface area contributed by atoms with Gasteiger partial charge in [-0.15, -0.1) is 0 Å². The smallest absolute Gasteiger partial charge is 0.432 e. The van der Waals surface area contributed by atoms with Crippen molar-refractivity contribution < 1.29 is 32.5 Å². The molecule has 1 fully saturated rings. The van der Waals surface area contributed by atoms with E-state index >= 15 is 0 Å². The Labute approximate surface area is 194 Å². The van der Waals surface area contributed by atoms with Crippen molar-refractivity contribution in [1.82, 2.24) is 15.0 Å². The first-order chi connectivity index (χ1) is 16.2. The molecule has 1 saturated carbocycles. The van der Waals surface area contributed by atoms with Gasteiger partial charge >= 0.3 is 12.1 Å². The monoisotopic (exact) mass is 475 g/mol. The summed E-state index contributed by atoms with van der Waals surface area (Å²) in [6, 6.07) is 10.7. The Kier molecular flexibility index (Phi) is 6.60. The third-order valence-electron chi connectivity index (χ3n) is 6.14. The standard InChI is InChI=1S/C24H24F3N3O4/c1-33-14-23(22(31)32)10-8-18(9-11-23)34-17-5-2-15(3-6-17)19-7-4-16(12-28-19)21-29-13-20(30-21)24(25,26)27/h2-7,12-13,18H,8-11,14H2,1H3,(H,29,30)(H,31,32). The van der Waals surface area contributed by atoms with E-state index in [9.17, 15) is 23.1 Å². The van der Waals surface area contributed by atoms with E-state index in [0.717, 1.165) is 11.8 Å². The number of carboxylic acids is 1. The molecule has 1 aromatic carbocycles. The number of H-pyrrole nitrogens is 1. The maximum atomic E-state index is 12.8. The quantitative estimate of drug-likeness (QED) is 0.488. The van der Waals surface area contributed by atoms with Gasteiger partial charge in [0, 0.05) is 24.4 Å². The number of methoxy groups -OCH3 is 1. The number of hydrogen-bond acceptors (Lipinski definition) is 5. The molecule has 2 N–H and O–H groups in total. The van der Waals surface area contributed by atoms with Crippen LogP contribution in [0.25, 0.3) is 22.6 Å². The van der Waals surface area contributed by atoms with Crippen LogP contribution in [-0.2, 0) is 15.7 Å². The number of benzene rings is 1. The molecule has 2 aromatic heterocycles. The lowest BCUT2D eigenvalue weighted by Crippen LogP contribution is -2.41. The SMILES string of the molecule is COCC1(C(=O)O)CCC(Oc2ccc(-c3ccc(-c4ncc(C(F)(F)F)[nH]4)cn3)cc2)CC1. The van der Waals surface area contributed by atoms with Crippen LogP contribution in [0.5, 0.6) is 5.75 Å². The molecule has 1 aliphatic rings. The first-order valence-corrected chi connectivity index (χ1v) is 10.8. The minimum Gasteiger partial charge on any atom is -0.490 e. The van der Waals surface area contributed by atoms with Gasteiger partial charge < -0.3 is 19.6 Å². The van der Waals surface area contributed by atoms with Crippen molar-refractivity contribution in [2.75, 3.05) is 13.7 Å². The Balaban J connectivity index is 1.38. The zero-order valence-electron chi connectivity index (χ0n) is 18.4. The molecule has 0 spiro atoms. The Morgan fingerprint density at radius 2 is 1.76 bits per heavy atom. The number of alkyl halides is 3. The minimum atomic E-state index is -4.48. The molecular weight excluding hydrogens is 451 g/mol. The number of halogens is 3. The molecule has 7 nitrogen and oxygen atoms in total. The number of carboxylic acid groups (broad SMARTS) is 1. The van der Waals surface area contributed by atoms with Gasteiger partial charge in [-0.25, -0.2) is 4.98 Å². The van der Waals surface area contributed by atoms with Gasteiger partial charge in [-0.2, -0.15) is 13.2 Å². The van der Waals surface area contributed by atoms with Crippen LogP contribution in [0.2, 0.25) is 0 Å². The molecule has 10 heteroatoms. The number of imidazole rings is 1. The van der Waals surface area contributed by atoms with E-state index in [4.69, 9.17) is 9.47 Å². The van der Waals surface area contributed by atoms with Gasteiger partial charge in [-0.05, 0) is 62.1 Å². The predicted octanol–water partition coefficient (Wildman–Crippen LogP) is 5.20. The molecule has 3 aromatic rings. The van der Waals surface area contributed by atoms with Crippen molar-refractivity contribution >= 4 is 5.97 Å². The second kappa shape index (κ2) is 9.46. The summed E-state index contributed by atoms with van der Waals surface area (Å²) in [6.07, 6.45) is -0.0775. The molecule has 4 rings (SSSR count). The van der Waals surface area contributed by atoms with Crippen LogP contribution in [0.1, 0.15) is 31.4 Å². The molecule has 0 atom stereocenters. The number of aromatic nitrogens is 3. The third-order valence-corrected chi connectivity index (χ3v) is 6.14. The van der Waals surface area contributed by atoms with Gasteiger partial charge in [-0.3, -0.25) is 9.78 Å². The van der Waals surface area contributed by atoms with E-state index < -0.39 is 23.3 Å². The largest absolute Gasteiger partial charge is 0.490 e. The van der Waals surface area contributed by atoms with E-state index in [2.05, 4.69) is 15.0 Å². The summed E-state index contributed by atoms with van der Waals surface area (Å²) in [6.45, 7) is 0.193.